The minimum Gasteiger partial charge on any atom is -0.395 e. The van der Waals surface area contributed by atoms with Crippen molar-refractivity contribution in [2.24, 2.45) is 0 Å². The van der Waals surface area contributed by atoms with Crippen molar-refractivity contribution in [1.29, 1.82) is 0 Å². The number of benzene rings is 1. The summed E-state index contributed by atoms with van der Waals surface area (Å²) in [5, 5.41) is 3.69. The Bertz CT molecular complexity index is 481. The van der Waals surface area contributed by atoms with Gasteiger partial charge in [-0.15, -0.1) is 0 Å². The molecule has 4 nitrogen and oxygen atoms in total. The summed E-state index contributed by atoms with van der Waals surface area (Å²) in [6.07, 6.45) is 1.55. The fourth-order valence-corrected chi connectivity index (χ4v) is 2.11. The molecule has 0 spiro atoms. The normalized spacial score (nSPS) is 15.2. The Hall–Kier alpha value is -1.81. The first-order valence-corrected chi connectivity index (χ1v) is 5.31. The van der Waals surface area contributed by atoms with Gasteiger partial charge in [0.05, 0.1) is 18.4 Å². The number of hydrogen-bond donors (Lipinski definition) is 1. The fraction of sp³-hybridized carbons (Fsp3) is 0.250. The highest BCUT2D eigenvalue weighted by Crippen LogP contribution is 2.25. The number of nitrogens with zero attached hydrogens (tertiary/aromatic N) is 2. The summed E-state index contributed by atoms with van der Waals surface area (Å²) in [5.41, 5.74) is 9.15. The van der Waals surface area contributed by atoms with Crippen molar-refractivity contribution >= 4 is 5.69 Å². The predicted octanol–water partition coefficient (Wildman–Crippen LogP) is 1.77. The van der Waals surface area contributed by atoms with Crippen molar-refractivity contribution in [2.75, 3.05) is 5.73 Å². The Morgan fingerprint density at radius 2 is 1.94 bits per heavy atom. The van der Waals surface area contributed by atoms with Crippen LogP contribution in [0.2, 0.25) is 0 Å². The Morgan fingerprint density at radius 3 is 2.50 bits per heavy atom. The number of fused-ring (bicyclic) bond motifs is 1. The molecule has 0 unspecified atom stereocenters. The molecule has 1 aliphatic rings. The van der Waals surface area contributed by atoms with E-state index in [9.17, 15) is 0 Å². The van der Waals surface area contributed by atoms with Crippen molar-refractivity contribution in [1.82, 2.24) is 10.1 Å². The summed E-state index contributed by atoms with van der Waals surface area (Å²) >= 11 is 0. The van der Waals surface area contributed by atoms with Gasteiger partial charge in [0.15, 0.2) is 5.76 Å². The molecule has 1 aromatic carbocycles. The monoisotopic (exact) mass is 215 g/mol. The van der Waals surface area contributed by atoms with Crippen molar-refractivity contribution in [3.63, 3.8) is 0 Å². The van der Waals surface area contributed by atoms with Crippen LogP contribution in [0.5, 0.6) is 0 Å². The second-order valence-electron chi connectivity index (χ2n) is 4.12. The van der Waals surface area contributed by atoms with Gasteiger partial charge < -0.3 is 10.3 Å². The minimum absolute atomic E-state index is 0.635. The maximum absolute atomic E-state index is 5.74. The maximum Gasteiger partial charge on any atom is 0.173 e. The Kier molecular flexibility index (Phi) is 2.15. The molecule has 3 rings (SSSR count). The largest absolute Gasteiger partial charge is 0.395 e. The lowest BCUT2D eigenvalue weighted by Crippen LogP contribution is -2.15. The van der Waals surface area contributed by atoms with Crippen LogP contribution in [-0.2, 0) is 19.6 Å². The van der Waals surface area contributed by atoms with E-state index in [1.54, 1.807) is 6.20 Å². The Balaban J connectivity index is 1.75. The fourth-order valence-electron chi connectivity index (χ4n) is 2.11. The molecule has 4 heteroatoms. The quantitative estimate of drug-likeness (QED) is 0.829. The van der Waals surface area contributed by atoms with Crippen molar-refractivity contribution in [3.05, 3.63) is 47.3 Å². The predicted molar refractivity (Wildman–Crippen MR) is 60.3 cm³/mol. The molecule has 2 heterocycles. The van der Waals surface area contributed by atoms with E-state index in [0.717, 1.165) is 25.4 Å². The number of nitrogen functional groups attached to an aromatic ring is 1. The number of aromatic nitrogens is 1. The molecule has 0 saturated carbocycles. The summed E-state index contributed by atoms with van der Waals surface area (Å²) in [4.78, 5) is 2.29. The highest BCUT2D eigenvalue weighted by molar-refractivity contribution is 5.38. The zero-order valence-corrected chi connectivity index (χ0v) is 8.89. The third-order valence-corrected chi connectivity index (χ3v) is 2.95. The van der Waals surface area contributed by atoms with E-state index in [2.05, 4.69) is 34.3 Å². The lowest BCUT2D eigenvalue weighted by Gasteiger charge is -2.12. The van der Waals surface area contributed by atoms with Gasteiger partial charge in [0.2, 0.25) is 0 Å². The molecule has 2 N–H and O–H groups in total. The van der Waals surface area contributed by atoms with Crippen LogP contribution >= 0.6 is 0 Å². The van der Waals surface area contributed by atoms with Gasteiger partial charge in [-0.05, 0) is 11.1 Å². The van der Waals surface area contributed by atoms with E-state index < -0.39 is 0 Å². The molecule has 0 bridgehead atoms. The van der Waals surface area contributed by atoms with Gasteiger partial charge in [-0.3, -0.25) is 4.90 Å². The topological polar surface area (TPSA) is 55.3 Å². The SMILES string of the molecule is Nc1cnoc1CN1Cc2ccccc2C1. The second-order valence-corrected chi connectivity index (χ2v) is 4.12. The minimum atomic E-state index is 0.635. The van der Waals surface area contributed by atoms with E-state index in [1.807, 2.05) is 0 Å². The van der Waals surface area contributed by atoms with Gasteiger partial charge >= 0.3 is 0 Å². The average molecular weight is 215 g/mol. The number of nitrogens with two attached hydrogens (primary N) is 1. The number of rotatable bonds is 2. The summed E-state index contributed by atoms with van der Waals surface area (Å²) in [6, 6.07) is 8.48. The van der Waals surface area contributed by atoms with Crippen LogP contribution in [0.3, 0.4) is 0 Å². The standard InChI is InChI=1S/C12H13N3O/c13-11-5-14-16-12(11)8-15-6-9-3-1-2-4-10(9)7-15/h1-5H,6-8,13H2. The molecule has 0 fully saturated rings. The average Bonchev–Trinajstić information content (AvgIpc) is 2.85. The molecular formula is C12H13N3O. The molecule has 0 radical (unpaired) electrons. The van der Waals surface area contributed by atoms with Gasteiger partial charge in [0, 0.05) is 13.1 Å². The second kappa shape index (κ2) is 3.64. The van der Waals surface area contributed by atoms with Crippen LogP contribution < -0.4 is 5.73 Å². The van der Waals surface area contributed by atoms with Crippen molar-refractivity contribution in [2.45, 2.75) is 19.6 Å². The number of hydrogen-bond acceptors (Lipinski definition) is 4. The van der Waals surface area contributed by atoms with Gasteiger partial charge in [-0.2, -0.15) is 0 Å². The third-order valence-electron chi connectivity index (χ3n) is 2.95. The first-order chi connectivity index (χ1) is 7.83. The van der Waals surface area contributed by atoms with Gasteiger partial charge in [0.25, 0.3) is 0 Å². The van der Waals surface area contributed by atoms with Crippen LogP contribution in [-0.4, -0.2) is 10.1 Å². The van der Waals surface area contributed by atoms with E-state index in [1.165, 1.54) is 11.1 Å². The smallest absolute Gasteiger partial charge is 0.173 e. The van der Waals surface area contributed by atoms with Crippen LogP contribution in [0.25, 0.3) is 0 Å². The summed E-state index contributed by atoms with van der Waals surface area (Å²) in [7, 11) is 0. The zero-order chi connectivity index (χ0) is 11.0. The van der Waals surface area contributed by atoms with Gasteiger partial charge in [0.1, 0.15) is 0 Å². The molecule has 0 amide bonds. The van der Waals surface area contributed by atoms with Gasteiger partial charge in [-0.25, -0.2) is 0 Å². The number of anilines is 1. The highest BCUT2D eigenvalue weighted by Gasteiger charge is 2.20. The zero-order valence-electron chi connectivity index (χ0n) is 8.89. The lowest BCUT2D eigenvalue weighted by atomic mass is 10.1. The Labute approximate surface area is 93.6 Å². The molecule has 0 saturated heterocycles. The van der Waals surface area contributed by atoms with Crippen molar-refractivity contribution < 1.29 is 4.52 Å². The van der Waals surface area contributed by atoms with Crippen LogP contribution in [0.1, 0.15) is 16.9 Å². The van der Waals surface area contributed by atoms with E-state index in [4.69, 9.17) is 10.3 Å². The molecule has 0 aliphatic carbocycles. The first kappa shape index (κ1) is 9.42. The first-order valence-electron chi connectivity index (χ1n) is 5.31. The lowest BCUT2D eigenvalue weighted by molar-refractivity contribution is 0.237. The molecule has 82 valence electrons. The summed E-state index contributed by atoms with van der Waals surface area (Å²) < 4.78 is 5.11. The molecule has 1 aromatic heterocycles. The van der Waals surface area contributed by atoms with Gasteiger partial charge in [-0.1, -0.05) is 29.4 Å². The van der Waals surface area contributed by atoms with E-state index in [0.29, 0.717) is 5.69 Å². The molecule has 16 heavy (non-hydrogen) atoms. The third kappa shape index (κ3) is 1.57. The molecule has 1 aliphatic heterocycles. The van der Waals surface area contributed by atoms with Crippen LogP contribution in [0.15, 0.2) is 35.0 Å². The summed E-state index contributed by atoms with van der Waals surface area (Å²) in [5.74, 6) is 0.757. The molecule has 0 atom stereocenters. The maximum atomic E-state index is 5.74. The molecular weight excluding hydrogens is 202 g/mol. The van der Waals surface area contributed by atoms with E-state index >= 15 is 0 Å². The Morgan fingerprint density at radius 1 is 1.25 bits per heavy atom. The van der Waals surface area contributed by atoms with Crippen molar-refractivity contribution in [3.8, 4) is 0 Å². The van der Waals surface area contributed by atoms with Crippen LogP contribution in [0.4, 0.5) is 5.69 Å². The van der Waals surface area contributed by atoms with E-state index in [-0.39, 0.29) is 0 Å². The van der Waals surface area contributed by atoms with Crippen LogP contribution in [0, 0.1) is 0 Å². The highest BCUT2D eigenvalue weighted by atomic mass is 16.5. The molecule has 2 aromatic rings. The summed E-state index contributed by atoms with van der Waals surface area (Å²) in [6.45, 7) is 2.63.